The van der Waals surface area contributed by atoms with Crippen LogP contribution in [-0.2, 0) is 14.6 Å². The van der Waals surface area contributed by atoms with Crippen LogP contribution in [0.3, 0.4) is 0 Å². The summed E-state index contributed by atoms with van der Waals surface area (Å²) in [4.78, 5) is 0. The van der Waals surface area contributed by atoms with Gasteiger partial charge >= 0.3 is 10.4 Å². The maximum atomic E-state index is 10.1. The summed E-state index contributed by atoms with van der Waals surface area (Å²) in [7, 11) is -4.40. The van der Waals surface area contributed by atoms with E-state index >= 15 is 0 Å². The Morgan fingerprint density at radius 2 is 2.27 bits per heavy atom. The lowest BCUT2D eigenvalue weighted by molar-refractivity contribution is 0.217. The van der Waals surface area contributed by atoms with Crippen LogP contribution in [0, 0.1) is 12.3 Å². The molecule has 0 aromatic carbocycles. The van der Waals surface area contributed by atoms with E-state index in [-0.39, 0.29) is 0 Å². The first kappa shape index (κ1) is 10.4. The molecule has 0 aromatic rings. The van der Waals surface area contributed by atoms with Gasteiger partial charge in [0.25, 0.3) is 0 Å². The summed E-state index contributed by atoms with van der Waals surface area (Å²) in [6.45, 7) is 1.83. The summed E-state index contributed by atoms with van der Waals surface area (Å²) in [5.74, 6) is 2.10. The molecule has 0 aliphatic carbocycles. The molecule has 0 aromatic heterocycles. The van der Waals surface area contributed by atoms with Crippen molar-refractivity contribution in [2.24, 2.45) is 0 Å². The van der Waals surface area contributed by atoms with E-state index in [1.807, 2.05) is 6.92 Å². The highest BCUT2D eigenvalue weighted by Crippen LogP contribution is 2.03. The smallest absolute Gasteiger partial charge is 0.263 e. The molecule has 0 rings (SSSR count). The molecule has 0 spiro atoms. The van der Waals surface area contributed by atoms with Gasteiger partial charge in [-0.3, -0.25) is 4.55 Å². The number of hydrogen-bond acceptors (Lipinski definition) is 3. The van der Waals surface area contributed by atoms with Crippen LogP contribution < -0.4 is 0 Å². The molecule has 5 heteroatoms. The Morgan fingerprint density at radius 1 is 1.73 bits per heavy atom. The summed E-state index contributed by atoms with van der Waals surface area (Å²) in [6, 6.07) is 0. The zero-order chi connectivity index (χ0) is 8.91. The topological polar surface area (TPSA) is 63.6 Å². The summed E-state index contributed by atoms with van der Waals surface area (Å²) in [6.07, 6.45) is 5.18. The maximum Gasteiger partial charge on any atom is 0.398 e. The first-order valence-corrected chi connectivity index (χ1v) is 4.48. The van der Waals surface area contributed by atoms with Crippen molar-refractivity contribution in [3.05, 3.63) is 0 Å². The molecule has 64 valence electrons. The summed E-state index contributed by atoms with van der Waals surface area (Å²) in [5, 5.41) is 0. The second kappa shape index (κ2) is 4.34. The minimum atomic E-state index is -4.40. The second-order valence-electron chi connectivity index (χ2n) is 1.97. The van der Waals surface area contributed by atoms with Crippen LogP contribution in [0.15, 0.2) is 0 Å². The molecule has 0 saturated heterocycles. The van der Waals surface area contributed by atoms with Gasteiger partial charge < -0.3 is 0 Å². The molecule has 1 N–H and O–H groups in total. The van der Waals surface area contributed by atoms with Gasteiger partial charge in [0.15, 0.2) is 0 Å². The predicted molar refractivity (Wildman–Crippen MR) is 40.2 cm³/mol. The van der Waals surface area contributed by atoms with Crippen LogP contribution >= 0.6 is 0 Å². The van der Waals surface area contributed by atoms with E-state index in [0.29, 0.717) is 12.8 Å². The SMILES string of the molecule is C#CC(CCC)OS(=O)(=O)O. The van der Waals surface area contributed by atoms with Crippen molar-refractivity contribution >= 4 is 10.4 Å². The normalized spacial score (nSPS) is 13.9. The summed E-state index contributed by atoms with van der Waals surface area (Å²) < 4.78 is 32.5. The summed E-state index contributed by atoms with van der Waals surface area (Å²) >= 11 is 0. The Labute approximate surface area is 66.5 Å². The monoisotopic (exact) mass is 178 g/mol. The standard InChI is InChI=1S/C6H10O4S/c1-3-5-6(4-2)10-11(7,8)9/h2,6H,3,5H2,1H3,(H,7,8,9). The quantitative estimate of drug-likeness (QED) is 0.506. The summed E-state index contributed by atoms with van der Waals surface area (Å²) in [5.41, 5.74) is 0. The largest absolute Gasteiger partial charge is 0.398 e. The lowest BCUT2D eigenvalue weighted by Crippen LogP contribution is -2.15. The van der Waals surface area contributed by atoms with Crippen LogP contribution in [0.4, 0.5) is 0 Å². The molecule has 4 nitrogen and oxygen atoms in total. The molecule has 11 heavy (non-hydrogen) atoms. The third-order valence-corrected chi connectivity index (χ3v) is 1.45. The van der Waals surface area contributed by atoms with Crippen LogP contribution in [0.2, 0.25) is 0 Å². The van der Waals surface area contributed by atoms with Crippen molar-refractivity contribution in [1.82, 2.24) is 0 Å². The Kier molecular flexibility index (Phi) is 4.11. The molecule has 0 bridgehead atoms. The van der Waals surface area contributed by atoms with Gasteiger partial charge in [0.1, 0.15) is 6.10 Å². The van der Waals surface area contributed by atoms with Crippen molar-refractivity contribution in [2.45, 2.75) is 25.9 Å². The molecule has 0 aliphatic heterocycles. The Morgan fingerprint density at radius 3 is 2.55 bits per heavy atom. The molecule has 1 atom stereocenters. The Hall–Kier alpha value is -0.570. The van der Waals surface area contributed by atoms with Crippen molar-refractivity contribution in [3.8, 4) is 12.3 Å². The van der Waals surface area contributed by atoms with Gasteiger partial charge in [0, 0.05) is 0 Å². The lowest BCUT2D eigenvalue weighted by atomic mass is 10.2. The van der Waals surface area contributed by atoms with E-state index in [1.54, 1.807) is 0 Å². The zero-order valence-corrected chi connectivity index (χ0v) is 6.97. The van der Waals surface area contributed by atoms with Crippen LogP contribution in [0.5, 0.6) is 0 Å². The highest BCUT2D eigenvalue weighted by molar-refractivity contribution is 7.80. The van der Waals surface area contributed by atoms with Gasteiger partial charge in [-0.15, -0.1) is 6.42 Å². The molecule has 1 unspecified atom stereocenters. The van der Waals surface area contributed by atoms with Gasteiger partial charge in [-0.05, 0) is 6.42 Å². The third kappa shape index (κ3) is 5.85. The molecule has 0 amide bonds. The number of terminal acetylenes is 1. The van der Waals surface area contributed by atoms with Gasteiger partial charge in [-0.2, -0.15) is 8.42 Å². The van der Waals surface area contributed by atoms with E-state index < -0.39 is 16.5 Å². The molecule has 0 aliphatic rings. The minimum absolute atomic E-state index is 0.413. The molecular formula is C6H10O4S. The predicted octanol–water partition coefficient (Wildman–Crippen LogP) is 0.608. The van der Waals surface area contributed by atoms with E-state index in [0.717, 1.165) is 0 Å². The fourth-order valence-corrected chi connectivity index (χ4v) is 1.01. The second-order valence-corrected chi connectivity index (χ2v) is 3.02. The third-order valence-electron chi connectivity index (χ3n) is 0.975. The lowest BCUT2D eigenvalue weighted by Gasteiger charge is -2.05. The van der Waals surface area contributed by atoms with Crippen LogP contribution in [0.1, 0.15) is 19.8 Å². The van der Waals surface area contributed by atoms with Crippen molar-refractivity contribution in [3.63, 3.8) is 0 Å². The van der Waals surface area contributed by atoms with Gasteiger partial charge in [0.05, 0.1) is 0 Å². The molecule has 0 heterocycles. The van der Waals surface area contributed by atoms with Crippen molar-refractivity contribution in [2.75, 3.05) is 0 Å². The van der Waals surface area contributed by atoms with E-state index in [9.17, 15) is 8.42 Å². The van der Waals surface area contributed by atoms with Crippen LogP contribution in [-0.4, -0.2) is 19.1 Å². The molecule has 0 radical (unpaired) electrons. The van der Waals surface area contributed by atoms with E-state index in [2.05, 4.69) is 10.1 Å². The highest BCUT2D eigenvalue weighted by atomic mass is 32.3. The maximum absolute atomic E-state index is 10.1. The first-order valence-electron chi connectivity index (χ1n) is 3.11. The fraction of sp³-hybridized carbons (Fsp3) is 0.667. The van der Waals surface area contributed by atoms with Crippen LogP contribution in [0.25, 0.3) is 0 Å². The van der Waals surface area contributed by atoms with Crippen molar-refractivity contribution in [1.29, 1.82) is 0 Å². The minimum Gasteiger partial charge on any atom is -0.263 e. The average molecular weight is 178 g/mol. The molecule has 0 saturated carbocycles. The Bertz CT molecular complexity index is 236. The van der Waals surface area contributed by atoms with Gasteiger partial charge in [-0.25, -0.2) is 4.18 Å². The Balaban J connectivity index is 4.02. The first-order chi connectivity index (χ1) is 4.99. The average Bonchev–Trinajstić information content (AvgIpc) is 1.84. The number of rotatable bonds is 4. The fourth-order valence-electron chi connectivity index (χ4n) is 0.568. The molecular weight excluding hydrogens is 168 g/mol. The molecule has 0 fully saturated rings. The highest BCUT2D eigenvalue weighted by Gasteiger charge is 2.12. The van der Waals surface area contributed by atoms with E-state index in [4.69, 9.17) is 11.0 Å². The van der Waals surface area contributed by atoms with Gasteiger partial charge in [-0.1, -0.05) is 19.3 Å². The van der Waals surface area contributed by atoms with E-state index in [1.165, 1.54) is 0 Å². The number of hydrogen-bond donors (Lipinski definition) is 1. The van der Waals surface area contributed by atoms with Gasteiger partial charge in [0.2, 0.25) is 0 Å². The zero-order valence-electron chi connectivity index (χ0n) is 6.15. The van der Waals surface area contributed by atoms with Crippen molar-refractivity contribution < 1.29 is 17.2 Å².